The number of thiophene rings is 1. The Morgan fingerprint density at radius 2 is 1.67 bits per heavy atom. The van der Waals surface area contributed by atoms with Crippen molar-refractivity contribution in [1.29, 1.82) is 0 Å². The van der Waals surface area contributed by atoms with Crippen LogP contribution in [-0.2, 0) is 11.2 Å². The summed E-state index contributed by atoms with van der Waals surface area (Å²) in [5, 5.41) is 4.82. The first-order chi connectivity index (χ1) is 14.6. The molecule has 2 aromatic carbocycles. The van der Waals surface area contributed by atoms with Crippen LogP contribution in [0.1, 0.15) is 20.8 Å². The van der Waals surface area contributed by atoms with E-state index in [9.17, 15) is 9.59 Å². The van der Waals surface area contributed by atoms with Crippen LogP contribution < -0.4 is 10.2 Å². The molecule has 1 aromatic heterocycles. The molecule has 0 saturated carbocycles. The van der Waals surface area contributed by atoms with Crippen LogP contribution in [0.2, 0.25) is 0 Å². The van der Waals surface area contributed by atoms with Gasteiger partial charge in [-0.15, -0.1) is 11.3 Å². The van der Waals surface area contributed by atoms with Gasteiger partial charge in [0.25, 0.3) is 5.91 Å². The minimum atomic E-state index is -0.0847. The molecule has 1 aliphatic rings. The third-order valence-electron chi connectivity index (χ3n) is 5.47. The first kappa shape index (κ1) is 20.2. The zero-order valence-electron chi connectivity index (χ0n) is 17.0. The molecule has 0 radical (unpaired) electrons. The van der Waals surface area contributed by atoms with Crippen molar-refractivity contribution in [2.24, 2.45) is 0 Å². The number of nitrogens with one attached hydrogen (secondary N) is 1. The van der Waals surface area contributed by atoms with Crippen LogP contribution in [0.15, 0.2) is 66.0 Å². The summed E-state index contributed by atoms with van der Waals surface area (Å²) in [4.78, 5) is 29.8. The van der Waals surface area contributed by atoms with Crippen molar-refractivity contribution in [2.45, 2.75) is 13.3 Å². The molecule has 0 bridgehead atoms. The molecule has 30 heavy (non-hydrogen) atoms. The predicted molar refractivity (Wildman–Crippen MR) is 122 cm³/mol. The maximum absolute atomic E-state index is 12.7. The maximum Gasteiger partial charge on any atom is 0.265 e. The summed E-state index contributed by atoms with van der Waals surface area (Å²) in [7, 11) is 0. The monoisotopic (exact) mass is 419 g/mol. The van der Waals surface area contributed by atoms with E-state index < -0.39 is 0 Å². The maximum atomic E-state index is 12.7. The smallest absolute Gasteiger partial charge is 0.265 e. The number of anilines is 2. The number of benzene rings is 2. The lowest BCUT2D eigenvalue weighted by atomic mass is 10.1. The van der Waals surface area contributed by atoms with Gasteiger partial charge < -0.3 is 15.1 Å². The Morgan fingerprint density at radius 3 is 2.33 bits per heavy atom. The van der Waals surface area contributed by atoms with Crippen molar-refractivity contribution in [3.8, 4) is 0 Å². The van der Waals surface area contributed by atoms with Crippen LogP contribution in [0.5, 0.6) is 0 Å². The summed E-state index contributed by atoms with van der Waals surface area (Å²) in [5.74, 6) is 0.106. The number of hydrogen-bond donors (Lipinski definition) is 1. The van der Waals surface area contributed by atoms with E-state index in [0.717, 1.165) is 48.7 Å². The van der Waals surface area contributed by atoms with Gasteiger partial charge in [-0.25, -0.2) is 0 Å². The van der Waals surface area contributed by atoms with E-state index in [0.29, 0.717) is 11.3 Å². The highest BCUT2D eigenvalue weighted by Gasteiger charge is 2.21. The molecule has 5 nitrogen and oxygen atoms in total. The topological polar surface area (TPSA) is 52.7 Å². The second kappa shape index (κ2) is 9.13. The lowest BCUT2D eigenvalue weighted by molar-refractivity contribution is -0.130. The highest BCUT2D eigenvalue weighted by molar-refractivity contribution is 7.12. The molecule has 154 valence electrons. The van der Waals surface area contributed by atoms with Crippen LogP contribution in [0.3, 0.4) is 0 Å². The number of hydrogen-bond acceptors (Lipinski definition) is 4. The SMILES string of the molecule is Cc1ccccc1CC(=O)N1CCN(c2ccc(NC(=O)c3cccs3)cc2)CC1. The lowest BCUT2D eigenvalue weighted by Crippen LogP contribution is -2.49. The van der Waals surface area contributed by atoms with E-state index in [2.05, 4.69) is 10.2 Å². The van der Waals surface area contributed by atoms with Crippen molar-refractivity contribution in [2.75, 3.05) is 36.4 Å². The van der Waals surface area contributed by atoms with E-state index in [1.54, 1.807) is 0 Å². The molecule has 2 heterocycles. The molecule has 1 N–H and O–H groups in total. The van der Waals surface area contributed by atoms with Crippen molar-refractivity contribution in [1.82, 2.24) is 4.90 Å². The van der Waals surface area contributed by atoms with Crippen molar-refractivity contribution in [3.05, 3.63) is 82.0 Å². The largest absolute Gasteiger partial charge is 0.368 e. The van der Waals surface area contributed by atoms with Gasteiger partial charge in [0.2, 0.25) is 5.91 Å². The fraction of sp³-hybridized carbons (Fsp3) is 0.250. The molecule has 1 aliphatic heterocycles. The van der Waals surface area contributed by atoms with Gasteiger partial charge in [0.05, 0.1) is 11.3 Å². The van der Waals surface area contributed by atoms with Gasteiger partial charge in [-0.2, -0.15) is 0 Å². The molecule has 1 saturated heterocycles. The average molecular weight is 420 g/mol. The normalized spacial score (nSPS) is 13.9. The highest BCUT2D eigenvalue weighted by Crippen LogP contribution is 2.21. The second-order valence-electron chi connectivity index (χ2n) is 7.45. The number of carbonyl (C=O) groups excluding carboxylic acids is 2. The van der Waals surface area contributed by atoms with Gasteiger partial charge >= 0.3 is 0 Å². The Labute approximate surface area is 180 Å². The van der Waals surface area contributed by atoms with Gasteiger partial charge in [0.1, 0.15) is 0 Å². The predicted octanol–water partition coefficient (Wildman–Crippen LogP) is 4.20. The molecule has 1 fully saturated rings. The molecule has 4 rings (SSSR count). The van der Waals surface area contributed by atoms with Gasteiger partial charge in [0.15, 0.2) is 0 Å². The minimum absolute atomic E-state index is 0.0847. The van der Waals surface area contributed by atoms with E-state index in [1.807, 2.05) is 77.9 Å². The first-order valence-electron chi connectivity index (χ1n) is 10.1. The lowest BCUT2D eigenvalue weighted by Gasteiger charge is -2.36. The fourth-order valence-corrected chi connectivity index (χ4v) is 4.27. The average Bonchev–Trinajstić information content (AvgIpc) is 3.31. The number of nitrogens with zero attached hydrogens (tertiary/aromatic N) is 2. The molecule has 0 unspecified atom stereocenters. The third-order valence-corrected chi connectivity index (χ3v) is 6.34. The van der Waals surface area contributed by atoms with Crippen LogP contribution in [-0.4, -0.2) is 42.9 Å². The van der Waals surface area contributed by atoms with Crippen molar-refractivity contribution >= 4 is 34.5 Å². The number of carbonyl (C=O) groups is 2. The minimum Gasteiger partial charge on any atom is -0.368 e. The molecule has 3 aromatic rings. The first-order valence-corrected chi connectivity index (χ1v) is 11.0. The second-order valence-corrected chi connectivity index (χ2v) is 8.40. The van der Waals surface area contributed by atoms with Crippen LogP contribution >= 0.6 is 11.3 Å². The van der Waals surface area contributed by atoms with Crippen molar-refractivity contribution < 1.29 is 9.59 Å². The Bertz CT molecular complexity index is 1010. The van der Waals surface area contributed by atoms with Crippen molar-refractivity contribution in [3.63, 3.8) is 0 Å². The number of rotatable bonds is 5. The molecule has 0 aliphatic carbocycles. The molecular formula is C24H25N3O2S. The Hall–Kier alpha value is -3.12. The summed E-state index contributed by atoms with van der Waals surface area (Å²) in [5.41, 5.74) is 4.15. The number of amides is 2. The van der Waals surface area contributed by atoms with Gasteiger partial charge in [-0.05, 0) is 53.8 Å². The Kier molecular flexibility index (Phi) is 6.14. The van der Waals surface area contributed by atoms with E-state index in [-0.39, 0.29) is 11.8 Å². The summed E-state index contributed by atoms with van der Waals surface area (Å²) in [6.07, 6.45) is 0.464. The zero-order valence-corrected chi connectivity index (χ0v) is 17.8. The summed E-state index contributed by atoms with van der Waals surface area (Å²) < 4.78 is 0. The number of aryl methyl sites for hydroxylation is 1. The highest BCUT2D eigenvalue weighted by atomic mass is 32.1. The van der Waals surface area contributed by atoms with E-state index in [1.165, 1.54) is 11.3 Å². The molecule has 0 spiro atoms. The van der Waals surface area contributed by atoms with Gasteiger partial charge in [-0.1, -0.05) is 30.3 Å². The van der Waals surface area contributed by atoms with E-state index in [4.69, 9.17) is 0 Å². The fourth-order valence-electron chi connectivity index (χ4n) is 3.65. The molecular weight excluding hydrogens is 394 g/mol. The summed E-state index contributed by atoms with van der Waals surface area (Å²) >= 11 is 1.43. The van der Waals surface area contributed by atoms with Gasteiger partial charge in [0, 0.05) is 37.6 Å². The molecule has 2 amide bonds. The third kappa shape index (κ3) is 4.71. The molecule has 6 heteroatoms. The quantitative estimate of drug-likeness (QED) is 0.674. The standard InChI is InChI=1S/C24H25N3O2S/c1-18-5-2-3-6-19(18)17-23(28)27-14-12-26(13-15-27)21-10-8-20(9-11-21)25-24(29)22-7-4-16-30-22/h2-11,16H,12-15,17H2,1H3,(H,25,29). The Balaban J connectivity index is 1.30. The molecule has 0 atom stereocenters. The van der Waals surface area contributed by atoms with E-state index >= 15 is 0 Å². The van der Waals surface area contributed by atoms with Crippen LogP contribution in [0.25, 0.3) is 0 Å². The zero-order chi connectivity index (χ0) is 20.9. The van der Waals surface area contributed by atoms with Crippen LogP contribution in [0.4, 0.5) is 11.4 Å². The number of piperazine rings is 1. The summed E-state index contributed by atoms with van der Waals surface area (Å²) in [6.45, 7) is 5.11. The van der Waals surface area contributed by atoms with Gasteiger partial charge in [-0.3, -0.25) is 9.59 Å². The summed E-state index contributed by atoms with van der Waals surface area (Å²) in [6, 6.07) is 19.6. The van der Waals surface area contributed by atoms with Crippen LogP contribution in [0, 0.1) is 6.92 Å². The Morgan fingerprint density at radius 1 is 0.933 bits per heavy atom.